The number of amides is 2. The molecule has 1 aliphatic carbocycles. The molecule has 0 spiro atoms. The fourth-order valence-electron chi connectivity index (χ4n) is 4.07. The Morgan fingerprint density at radius 3 is 2.44 bits per heavy atom. The van der Waals surface area contributed by atoms with Crippen LogP contribution in [0.25, 0.3) is 0 Å². The topological polar surface area (TPSA) is 117 Å². The van der Waals surface area contributed by atoms with Crippen LogP contribution in [0, 0.1) is 0 Å². The van der Waals surface area contributed by atoms with E-state index in [1.165, 1.54) is 20.1 Å². The standard InChI is InChI=1S/C24H31F3N6O3/c1-13(2)29-22(35)15-9-10-19(20(11-15)36-4)32-23-28-12-16(24(25,26)27)21(33-23)31-18-8-6-5-7-17(18)30-14(3)34/h9-13,17-18H,5-8H2,1-4H3,(H,29,35)(H,30,34)(H2,28,31,32,33)/t17-,18-/m1/s1. The highest BCUT2D eigenvalue weighted by atomic mass is 19.4. The molecule has 1 fully saturated rings. The SMILES string of the molecule is COc1cc(C(=O)NC(C)C)ccc1Nc1ncc(C(F)(F)F)c(N[C@@H]2CCCC[C@H]2NC(C)=O)n1. The first-order valence-corrected chi connectivity index (χ1v) is 11.7. The van der Waals surface area contributed by atoms with Crippen LogP contribution in [0.1, 0.15) is 62.4 Å². The third-order valence-corrected chi connectivity index (χ3v) is 5.70. The maximum atomic E-state index is 13.7. The Morgan fingerprint density at radius 2 is 1.83 bits per heavy atom. The number of rotatable bonds is 8. The summed E-state index contributed by atoms with van der Waals surface area (Å²) in [6, 6.07) is 3.86. The fourth-order valence-corrected chi connectivity index (χ4v) is 4.07. The van der Waals surface area contributed by atoms with Gasteiger partial charge in [0.2, 0.25) is 11.9 Å². The van der Waals surface area contributed by atoms with E-state index in [1.54, 1.807) is 12.1 Å². The zero-order valence-corrected chi connectivity index (χ0v) is 20.6. The maximum absolute atomic E-state index is 13.7. The first-order valence-electron chi connectivity index (χ1n) is 11.7. The number of ether oxygens (including phenoxy) is 1. The van der Waals surface area contributed by atoms with Gasteiger partial charge in [-0.2, -0.15) is 18.2 Å². The number of hydrogen-bond donors (Lipinski definition) is 4. The molecular formula is C24H31F3N6O3. The number of carbonyl (C=O) groups excluding carboxylic acids is 2. The average molecular weight is 509 g/mol. The second kappa shape index (κ2) is 11.4. The number of anilines is 3. The molecule has 0 saturated heterocycles. The van der Waals surface area contributed by atoms with Gasteiger partial charge in [-0.25, -0.2) is 4.98 Å². The molecule has 4 N–H and O–H groups in total. The Labute approximate surface area is 207 Å². The van der Waals surface area contributed by atoms with Gasteiger partial charge in [0, 0.05) is 36.8 Å². The molecule has 1 saturated carbocycles. The van der Waals surface area contributed by atoms with Crippen molar-refractivity contribution < 1.29 is 27.5 Å². The number of nitrogens with zero attached hydrogens (tertiary/aromatic N) is 2. The lowest BCUT2D eigenvalue weighted by Gasteiger charge is -2.33. The first-order chi connectivity index (χ1) is 17.0. The van der Waals surface area contributed by atoms with Crippen LogP contribution in [-0.2, 0) is 11.0 Å². The van der Waals surface area contributed by atoms with E-state index in [-0.39, 0.29) is 35.7 Å². The molecule has 0 radical (unpaired) electrons. The number of aromatic nitrogens is 2. The zero-order valence-electron chi connectivity index (χ0n) is 20.6. The van der Waals surface area contributed by atoms with Gasteiger partial charge in [-0.15, -0.1) is 0 Å². The van der Waals surface area contributed by atoms with Crippen LogP contribution >= 0.6 is 0 Å². The molecule has 2 amide bonds. The Morgan fingerprint density at radius 1 is 1.14 bits per heavy atom. The lowest BCUT2D eigenvalue weighted by molar-refractivity contribution is -0.137. The predicted molar refractivity (Wildman–Crippen MR) is 129 cm³/mol. The molecule has 1 aromatic heterocycles. The highest BCUT2D eigenvalue weighted by molar-refractivity contribution is 5.95. The second-order valence-electron chi connectivity index (χ2n) is 8.96. The minimum atomic E-state index is -4.68. The van der Waals surface area contributed by atoms with Crippen LogP contribution in [0.2, 0.25) is 0 Å². The summed E-state index contributed by atoms with van der Waals surface area (Å²) in [5, 5.41) is 11.4. The van der Waals surface area contributed by atoms with Gasteiger partial charge >= 0.3 is 6.18 Å². The molecule has 0 bridgehead atoms. The molecule has 1 aromatic carbocycles. The van der Waals surface area contributed by atoms with E-state index in [9.17, 15) is 22.8 Å². The number of halogens is 3. The molecule has 36 heavy (non-hydrogen) atoms. The molecular weight excluding hydrogens is 477 g/mol. The molecule has 0 unspecified atom stereocenters. The Balaban J connectivity index is 1.89. The van der Waals surface area contributed by atoms with Crippen molar-refractivity contribution in [1.29, 1.82) is 0 Å². The quantitative estimate of drug-likeness (QED) is 0.421. The minimum Gasteiger partial charge on any atom is -0.495 e. The fraction of sp³-hybridized carbons (Fsp3) is 0.500. The largest absolute Gasteiger partial charge is 0.495 e. The van der Waals surface area contributed by atoms with Crippen molar-refractivity contribution in [1.82, 2.24) is 20.6 Å². The Kier molecular flexibility index (Phi) is 8.59. The monoisotopic (exact) mass is 508 g/mol. The Bertz CT molecular complexity index is 1090. The summed E-state index contributed by atoms with van der Waals surface area (Å²) in [6.07, 6.45) is -1.03. The lowest BCUT2D eigenvalue weighted by atomic mass is 9.90. The van der Waals surface area contributed by atoms with E-state index in [0.29, 0.717) is 36.0 Å². The van der Waals surface area contributed by atoms with E-state index in [4.69, 9.17) is 4.74 Å². The summed E-state index contributed by atoms with van der Waals surface area (Å²) in [6.45, 7) is 5.05. The van der Waals surface area contributed by atoms with E-state index >= 15 is 0 Å². The van der Waals surface area contributed by atoms with Crippen LogP contribution in [0.5, 0.6) is 5.75 Å². The third-order valence-electron chi connectivity index (χ3n) is 5.70. The zero-order chi connectivity index (χ0) is 26.5. The molecule has 2 aromatic rings. The predicted octanol–water partition coefficient (Wildman–Crippen LogP) is 4.25. The summed E-state index contributed by atoms with van der Waals surface area (Å²) in [4.78, 5) is 31.8. The molecule has 196 valence electrons. The van der Waals surface area contributed by atoms with Crippen LogP contribution in [0.3, 0.4) is 0 Å². The number of benzene rings is 1. The summed E-state index contributed by atoms with van der Waals surface area (Å²) in [5.74, 6) is -0.702. The lowest BCUT2D eigenvalue weighted by Crippen LogP contribution is -2.48. The number of methoxy groups -OCH3 is 1. The molecule has 1 heterocycles. The molecule has 2 atom stereocenters. The van der Waals surface area contributed by atoms with Gasteiger partial charge in [0.15, 0.2) is 0 Å². The van der Waals surface area contributed by atoms with E-state index in [0.717, 1.165) is 12.8 Å². The van der Waals surface area contributed by atoms with E-state index in [1.807, 2.05) is 13.8 Å². The van der Waals surface area contributed by atoms with Crippen LogP contribution in [0.15, 0.2) is 24.4 Å². The third kappa shape index (κ3) is 6.98. The average Bonchev–Trinajstić information content (AvgIpc) is 2.79. The summed E-state index contributed by atoms with van der Waals surface area (Å²) >= 11 is 0. The van der Waals surface area contributed by atoms with Crippen LogP contribution < -0.4 is 26.0 Å². The molecule has 3 rings (SSSR count). The van der Waals surface area contributed by atoms with Crippen LogP contribution in [-0.4, -0.2) is 47.0 Å². The number of nitrogens with one attached hydrogen (secondary N) is 4. The normalized spacial score (nSPS) is 17.9. The van der Waals surface area contributed by atoms with Gasteiger partial charge in [0.1, 0.15) is 17.1 Å². The Hall–Kier alpha value is -3.57. The van der Waals surface area contributed by atoms with E-state index < -0.39 is 17.8 Å². The smallest absolute Gasteiger partial charge is 0.421 e. The van der Waals surface area contributed by atoms with Gasteiger partial charge in [-0.05, 0) is 44.9 Å². The highest BCUT2D eigenvalue weighted by Gasteiger charge is 2.37. The molecule has 9 nitrogen and oxygen atoms in total. The van der Waals surface area contributed by atoms with Crippen LogP contribution in [0.4, 0.5) is 30.6 Å². The van der Waals surface area contributed by atoms with E-state index in [2.05, 4.69) is 31.2 Å². The molecule has 1 aliphatic rings. The summed E-state index contributed by atoms with van der Waals surface area (Å²) < 4.78 is 46.5. The highest BCUT2D eigenvalue weighted by Crippen LogP contribution is 2.36. The van der Waals surface area contributed by atoms with Crippen molar-refractivity contribution in [2.45, 2.75) is 70.8 Å². The van der Waals surface area contributed by atoms with Crippen molar-refractivity contribution in [3.05, 3.63) is 35.5 Å². The van der Waals surface area contributed by atoms with Crippen molar-refractivity contribution in [2.75, 3.05) is 17.7 Å². The molecule has 0 aliphatic heterocycles. The number of carbonyl (C=O) groups is 2. The maximum Gasteiger partial charge on any atom is 0.421 e. The van der Waals surface area contributed by atoms with Gasteiger partial charge in [-0.1, -0.05) is 12.8 Å². The summed E-state index contributed by atoms with van der Waals surface area (Å²) in [7, 11) is 1.41. The van der Waals surface area contributed by atoms with Gasteiger partial charge in [0.05, 0.1) is 12.8 Å². The van der Waals surface area contributed by atoms with Gasteiger partial charge in [-0.3, -0.25) is 9.59 Å². The number of alkyl halides is 3. The first kappa shape index (κ1) is 27.0. The van der Waals surface area contributed by atoms with Crippen molar-refractivity contribution in [3.8, 4) is 5.75 Å². The summed E-state index contributed by atoms with van der Waals surface area (Å²) in [5.41, 5.74) is -0.269. The van der Waals surface area contributed by atoms with Gasteiger partial charge < -0.3 is 26.0 Å². The minimum absolute atomic E-state index is 0.0535. The second-order valence-corrected chi connectivity index (χ2v) is 8.96. The molecule has 12 heteroatoms. The number of hydrogen-bond acceptors (Lipinski definition) is 7. The van der Waals surface area contributed by atoms with Gasteiger partial charge in [0.25, 0.3) is 5.91 Å². The van der Waals surface area contributed by atoms with Crippen molar-refractivity contribution in [2.24, 2.45) is 0 Å². The van der Waals surface area contributed by atoms with Crippen molar-refractivity contribution in [3.63, 3.8) is 0 Å². The van der Waals surface area contributed by atoms with Crippen molar-refractivity contribution >= 4 is 29.3 Å².